The maximum absolute atomic E-state index is 11.0. The molecule has 0 aliphatic rings. The Morgan fingerprint density at radius 3 is 1.98 bits per heavy atom. The highest BCUT2D eigenvalue weighted by Gasteiger charge is 2.12. The van der Waals surface area contributed by atoms with Crippen LogP contribution in [0.4, 0.5) is 0 Å². The van der Waals surface area contributed by atoms with Gasteiger partial charge in [0.25, 0.3) is 0 Å². The Hall–Kier alpha value is -1.39. The first-order valence-electron chi connectivity index (χ1n) is 18.3. The van der Waals surface area contributed by atoms with Crippen LogP contribution >= 0.6 is 11.8 Å². The second-order valence-electron chi connectivity index (χ2n) is 12.4. The normalized spacial score (nSPS) is 11.8. The smallest absolute Gasteiger partial charge is 0.329 e. The molecule has 2 N–H and O–H groups in total. The maximum atomic E-state index is 11.0. The first-order chi connectivity index (χ1) is 22.5. The quantitative estimate of drug-likeness (QED) is 0.0728. The number of pyridine rings is 1. The molecule has 0 bridgehead atoms. The predicted octanol–water partition coefficient (Wildman–Crippen LogP) is 5.27. The van der Waals surface area contributed by atoms with E-state index < -0.39 is 11.9 Å². The maximum Gasteiger partial charge on any atom is 0.329 e. The topological polar surface area (TPSA) is 106 Å². The summed E-state index contributed by atoms with van der Waals surface area (Å²) in [4.78, 5) is 21.7. The highest BCUT2D eigenvalue weighted by molar-refractivity contribution is 7.99. The van der Waals surface area contributed by atoms with Crippen LogP contribution in [0.1, 0.15) is 134 Å². The number of hydrogen-bond acceptors (Lipinski definition) is 6. The summed E-state index contributed by atoms with van der Waals surface area (Å²) >= 11 is 1.69. The van der Waals surface area contributed by atoms with Crippen LogP contribution in [0.25, 0.3) is 0 Å². The largest absolute Gasteiger partial charge is 1.00 e. The van der Waals surface area contributed by atoms with Crippen LogP contribution in [0.5, 0.6) is 0 Å². The molecule has 1 unspecified atom stereocenters. The fraction of sp³-hybridized carbons (Fsp3) is 0.811. The zero-order valence-corrected chi connectivity index (χ0v) is 30.9. The van der Waals surface area contributed by atoms with Crippen LogP contribution in [0.15, 0.2) is 24.5 Å². The molecule has 0 amide bonds. The third-order valence-electron chi connectivity index (χ3n) is 8.08. The summed E-state index contributed by atoms with van der Waals surface area (Å²) in [6, 6.07) is 4.09. The number of carbonyl (C=O) groups is 2. The van der Waals surface area contributed by atoms with Gasteiger partial charge in [-0.15, -0.1) is 0 Å². The number of carboxylic acids is 2. The van der Waals surface area contributed by atoms with Gasteiger partial charge in [0.1, 0.15) is 13.2 Å². The third-order valence-corrected chi connectivity index (χ3v) is 9.15. The summed E-state index contributed by atoms with van der Waals surface area (Å²) < 4.78 is 19.3. The van der Waals surface area contributed by atoms with Gasteiger partial charge in [-0.25, -0.2) is 9.36 Å². The van der Waals surface area contributed by atoms with Gasteiger partial charge in [0.2, 0.25) is 0 Å². The van der Waals surface area contributed by atoms with Gasteiger partial charge < -0.3 is 36.8 Å². The Kier molecular flexibility index (Phi) is 33.5. The number of nitrogens with zero attached hydrogens (tertiary/aromatic N) is 1. The van der Waals surface area contributed by atoms with Crippen LogP contribution in [0, 0.1) is 0 Å². The molecule has 0 saturated heterocycles. The molecular weight excluding hydrogens is 638 g/mol. The number of aromatic nitrogens is 1. The van der Waals surface area contributed by atoms with Gasteiger partial charge in [0.05, 0.1) is 19.3 Å². The minimum atomic E-state index is -0.960. The Bertz CT molecular complexity index is 864. The molecule has 8 nitrogen and oxygen atoms in total. The van der Waals surface area contributed by atoms with Crippen molar-refractivity contribution in [1.82, 2.24) is 0 Å². The lowest BCUT2D eigenvalue weighted by Crippen LogP contribution is -3.00. The third kappa shape index (κ3) is 31.6. The molecule has 1 atom stereocenters. The molecule has 0 aromatic carbocycles. The highest BCUT2D eigenvalue weighted by atomic mass is 35.5. The van der Waals surface area contributed by atoms with E-state index in [1.165, 1.54) is 102 Å². The molecule has 1 rings (SSSR count). The molecule has 0 fully saturated rings. The van der Waals surface area contributed by atoms with Gasteiger partial charge in [-0.2, -0.15) is 11.8 Å². The zero-order chi connectivity index (χ0) is 33.3. The zero-order valence-electron chi connectivity index (χ0n) is 29.4. The predicted molar refractivity (Wildman–Crippen MR) is 188 cm³/mol. The van der Waals surface area contributed by atoms with E-state index in [1.807, 2.05) is 12.3 Å². The molecule has 0 spiro atoms. The van der Waals surface area contributed by atoms with Crippen molar-refractivity contribution in [2.75, 3.05) is 44.5 Å². The molecule has 1 aromatic heterocycles. The Balaban J connectivity index is 0.0000212. The molecule has 0 aliphatic carbocycles. The Labute approximate surface area is 296 Å². The van der Waals surface area contributed by atoms with Crippen molar-refractivity contribution in [3.8, 4) is 0 Å². The summed E-state index contributed by atoms with van der Waals surface area (Å²) in [5.41, 5.74) is 1.20. The molecular formula is C37H66ClNO7S. The summed E-state index contributed by atoms with van der Waals surface area (Å²) in [6.07, 6.45) is 28.0. The second kappa shape index (κ2) is 34.5. The van der Waals surface area contributed by atoms with Crippen molar-refractivity contribution in [3.05, 3.63) is 30.1 Å². The molecule has 0 saturated carbocycles. The van der Waals surface area contributed by atoms with Crippen molar-refractivity contribution in [3.63, 3.8) is 0 Å². The summed E-state index contributed by atoms with van der Waals surface area (Å²) in [7, 11) is 0. The average Bonchev–Trinajstić information content (AvgIpc) is 3.04. The SMILES string of the molecule is CCCCCCCCCCCCCCCCCCOCC(CSCCOCC[n+]1cccc(CCCCC(=O)O)c1)OCC(=O)O.[Cl-]. The van der Waals surface area contributed by atoms with E-state index >= 15 is 0 Å². The lowest BCUT2D eigenvalue weighted by Gasteiger charge is -2.17. The second-order valence-corrected chi connectivity index (χ2v) is 13.6. The summed E-state index contributed by atoms with van der Waals surface area (Å²) in [5, 5.41) is 17.8. The summed E-state index contributed by atoms with van der Waals surface area (Å²) in [6.45, 7) is 5.06. The van der Waals surface area contributed by atoms with Crippen LogP contribution in [-0.4, -0.2) is 72.8 Å². The highest BCUT2D eigenvalue weighted by Crippen LogP contribution is 2.14. The lowest BCUT2D eigenvalue weighted by molar-refractivity contribution is -0.698. The molecule has 10 heteroatoms. The molecule has 274 valence electrons. The minimum absolute atomic E-state index is 0. The van der Waals surface area contributed by atoms with E-state index in [2.05, 4.69) is 23.8 Å². The van der Waals surface area contributed by atoms with Crippen LogP contribution in [-0.2, 0) is 36.8 Å². The van der Waals surface area contributed by atoms with E-state index in [1.54, 1.807) is 11.8 Å². The van der Waals surface area contributed by atoms with Gasteiger partial charge in [0, 0.05) is 36.2 Å². The summed E-state index contributed by atoms with van der Waals surface area (Å²) in [5.74, 6) is -0.219. The van der Waals surface area contributed by atoms with Crippen molar-refractivity contribution < 1.29 is 51.0 Å². The van der Waals surface area contributed by atoms with Gasteiger partial charge in [-0.3, -0.25) is 4.79 Å². The van der Waals surface area contributed by atoms with Crippen LogP contribution in [0.3, 0.4) is 0 Å². The van der Waals surface area contributed by atoms with Gasteiger partial charge >= 0.3 is 11.9 Å². The number of hydrogen-bond donors (Lipinski definition) is 2. The average molecular weight is 704 g/mol. The first kappa shape index (κ1) is 45.6. The molecule has 47 heavy (non-hydrogen) atoms. The standard InChI is InChI=1S/C37H65NO7S.ClH/c1-2-3-4-5-6-7-8-9-10-11-12-13-14-15-16-19-26-44-31-35(45-32-37(41)42)33-46-29-28-43-27-25-38-24-20-22-34(30-38)21-17-18-23-36(39)40;/h20,22,24,30,35H,2-19,21,23,25-29,31-33H2,1H3,(H-,39,40,41,42);1H. The molecule has 1 aromatic rings. The molecule has 1 heterocycles. The number of aliphatic carboxylic acids is 2. The minimum Gasteiger partial charge on any atom is -1.00 e. The number of unbranched alkanes of at least 4 members (excludes halogenated alkanes) is 16. The number of rotatable bonds is 35. The number of aryl methyl sites for hydroxylation is 1. The van der Waals surface area contributed by atoms with Crippen molar-refractivity contribution in [2.24, 2.45) is 0 Å². The van der Waals surface area contributed by atoms with Crippen molar-refractivity contribution in [2.45, 2.75) is 148 Å². The van der Waals surface area contributed by atoms with Crippen molar-refractivity contribution in [1.29, 1.82) is 0 Å². The van der Waals surface area contributed by atoms with Gasteiger partial charge in [0.15, 0.2) is 18.9 Å². The molecule has 0 aliphatic heterocycles. The lowest BCUT2D eigenvalue weighted by atomic mass is 10.0. The Morgan fingerprint density at radius 1 is 0.766 bits per heavy atom. The first-order valence-corrected chi connectivity index (χ1v) is 19.4. The van der Waals surface area contributed by atoms with Crippen LogP contribution in [0.2, 0.25) is 0 Å². The van der Waals surface area contributed by atoms with E-state index in [-0.39, 0.29) is 31.5 Å². The number of carboxylic acid groups (broad SMARTS) is 2. The van der Waals surface area contributed by atoms with E-state index in [4.69, 9.17) is 24.4 Å². The van der Waals surface area contributed by atoms with Gasteiger partial charge in [-0.05, 0) is 31.7 Å². The van der Waals surface area contributed by atoms with E-state index in [9.17, 15) is 9.59 Å². The number of halogens is 1. The van der Waals surface area contributed by atoms with E-state index in [0.29, 0.717) is 38.6 Å². The Morgan fingerprint density at radius 2 is 1.38 bits per heavy atom. The molecule has 0 radical (unpaired) electrons. The van der Waals surface area contributed by atoms with Gasteiger partial charge in [-0.1, -0.05) is 103 Å². The van der Waals surface area contributed by atoms with E-state index in [0.717, 1.165) is 31.6 Å². The van der Waals surface area contributed by atoms with Crippen molar-refractivity contribution >= 4 is 23.7 Å². The fourth-order valence-electron chi connectivity index (χ4n) is 5.37. The monoisotopic (exact) mass is 703 g/mol. The number of thioether (sulfide) groups is 1. The number of ether oxygens (including phenoxy) is 3. The van der Waals surface area contributed by atoms with Crippen LogP contribution < -0.4 is 17.0 Å². The fourth-order valence-corrected chi connectivity index (χ4v) is 6.23.